The van der Waals surface area contributed by atoms with Crippen molar-refractivity contribution in [1.29, 1.82) is 0 Å². The van der Waals surface area contributed by atoms with Crippen molar-refractivity contribution in [3.8, 4) is 0 Å². The third kappa shape index (κ3) is 4.05. The molecule has 0 atom stereocenters. The number of anilines is 1. The fourth-order valence-corrected chi connectivity index (χ4v) is 3.16. The monoisotopic (exact) mass is 391 g/mol. The van der Waals surface area contributed by atoms with Crippen LogP contribution < -0.4 is 4.72 Å². The van der Waals surface area contributed by atoms with Gasteiger partial charge in [0.1, 0.15) is 0 Å². The Labute approximate surface area is 143 Å². The van der Waals surface area contributed by atoms with E-state index in [2.05, 4.69) is 0 Å². The highest BCUT2D eigenvalue weighted by Crippen LogP contribution is 2.33. The predicted molar refractivity (Wildman–Crippen MR) is 82.0 cm³/mol. The van der Waals surface area contributed by atoms with Gasteiger partial charge in [0, 0.05) is 11.8 Å². The molecule has 0 radical (unpaired) electrons. The van der Waals surface area contributed by atoms with Gasteiger partial charge in [0.25, 0.3) is 21.4 Å². The average molecular weight is 391 g/mol. The summed E-state index contributed by atoms with van der Waals surface area (Å²) >= 11 is 0. The number of rotatable bonds is 5. The molecular weight excluding hydrogens is 383 g/mol. The van der Waals surface area contributed by atoms with Gasteiger partial charge in [0.2, 0.25) is 0 Å². The van der Waals surface area contributed by atoms with Gasteiger partial charge in [-0.05, 0) is 24.3 Å². The van der Waals surface area contributed by atoms with Gasteiger partial charge in [-0.15, -0.1) is 0 Å². The first kappa shape index (κ1) is 19.1. The van der Waals surface area contributed by atoms with Crippen molar-refractivity contribution in [2.45, 2.75) is 11.1 Å². The largest absolute Gasteiger partial charge is 0.416 e. The topological polar surface area (TPSA) is 132 Å². The van der Waals surface area contributed by atoms with E-state index in [-0.39, 0.29) is 0 Å². The number of hydrogen-bond acceptors (Lipinski definition) is 6. The fraction of sp³-hybridized carbons (Fsp3) is 0.0769. The molecular formula is C13H8F3N3O6S. The maximum Gasteiger partial charge on any atom is 0.416 e. The molecule has 0 aliphatic carbocycles. The van der Waals surface area contributed by atoms with Crippen molar-refractivity contribution in [3.63, 3.8) is 0 Å². The maximum absolute atomic E-state index is 12.7. The number of nitrogens with zero attached hydrogens (tertiary/aromatic N) is 2. The lowest BCUT2D eigenvalue weighted by Gasteiger charge is -2.11. The third-order valence-electron chi connectivity index (χ3n) is 3.08. The van der Waals surface area contributed by atoms with Gasteiger partial charge in [-0.25, -0.2) is 8.42 Å². The lowest BCUT2D eigenvalue weighted by atomic mass is 10.2. The van der Waals surface area contributed by atoms with Crippen LogP contribution in [0.5, 0.6) is 0 Å². The number of alkyl halides is 3. The summed E-state index contributed by atoms with van der Waals surface area (Å²) < 4.78 is 64.4. The van der Waals surface area contributed by atoms with Gasteiger partial charge < -0.3 is 0 Å². The number of non-ortho nitro benzene ring substituents is 1. The van der Waals surface area contributed by atoms with Crippen LogP contribution in [0.25, 0.3) is 0 Å². The Morgan fingerprint density at radius 1 is 0.962 bits per heavy atom. The van der Waals surface area contributed by atoms with Crippen LogP contribution in [0.15, 0.2) is 47.4 Å². The molecule has 0 unspecified atom stereocenters. The zero-order valence-electron chi connectivity index (χ0n) is 12.4. The minimum Gasteiger partial charge on any atom is -0.279 e. The second-order valence-electron chi connectivity index (χ2n) is 4.85. The second kappa shape index (κ2) is 6.59. The van der Waals surface area contributed by atoms with Gasteiger partial charge in [0.05, 0.1) is 21.5 Å². The third-order valence-corrected chi connectivity index (χ3v) is 4.51. The molecule has 2 aromatic rings. The Morgan fingerprint density at radius 2 is 1.62 bits per heavy atom. The number of nitro groups is 2. The SMILES string of the molecule is O=[N+]([O-])c1ccc(S(=O)(=O)Nc2cccc(C(F)(F)F)c2)c([N+](=O)[O-])c1. The van der Waals surface area contributed by atoms with Gasteiger partial charge in [-0.3, -0.25) is 25.0 Å². The molecule has 2 aromatic carbocycles. The van der Waals surface area contributed by atoms with Crippen LogP contribution in [0.1, 0.15) is 5.56 Å². The highest BCUT2D eigenvalue weighted by Gasteiger charge is 2.32. The normalized spacial score (nSPS) is 11.8. The number of halogens is 3. The van der Waals surface area contributed by atoms with Crippen molar-refractivity contribution in [2.24, 2.45) is 0 Å². The van der Waals surface area contributed by atoms with Crippen LogP contribution in [0.3, 0.4) is 0 Å². The minimum absolute atomic E-state index is 0.445. The van der Waals surface area contributed by atoms with Crippen LogP contribution in [-0.4, -0.2) is 18.3 Å². The Kier molecular flexibility index (Phi) is 4.84. The first-order valence-electron chi connectivity index (χ1n) is 6.55. The van der Waals surface area contributed by atoms with Crippen LogP contribution in [0.2, 0.25) is 0 Å². The Morgan fingerprint density at radius 3 is 2.15 bits per heavy atom. The van der Waals surface area contributed by atoms with E-state index in [9.17, 15) is 41.8 Å². The van der Waals surface area contributed by atoms with Crippen LogP contribution >= 0.6 is 0 Å². The lowest BCUT2D eigenvalue weighted by Crippen LogP contribution is -2.15. The van der Waals surface area contributed by atoms with E-state index in [0.717, 1.165) is 18.2 Å². The molecule has 0 saturated carbocycles. The first-order valence-corrected chi connectivity index (χ1v) is 8.03. The molecule has 2 rings (SSSR count). The fourth-order valence-electron chi connectivity index (χ4n) is 1.96. The summed E-state index contributed by atoms with van der Waals surface area (Å²) in [5, 5.41) is 21.7. The van der Waals surface area contributed by atoms with Crippen molar-refractivity contribution in [2.75, 3.05) is 4.72 Å². The lowest BCUT2D eigenvalue weighted by molar-refractivity contribution is -0.396. The smallest absolute Gasteiger partial charge is 0.279 e. The standard InChI is InChI=1S/C13H8F3N3O6S/c14-13(15,16)8-2-1-3-9(6-8)17-26(24,25)12-5-4-10(18(20)21)7-11(12)19(22)23/h1-7,17H. The van der Waals surface area contributed by atoms with Crippen LogP contribution in [0.4, 0.5) is 30.2 Å². The van der Waals surface area contributed by atoms with Gasteiger partial charge >= 0.3 is 6.18 Å². The summed E-state index contributed by atoms with van der Waals surface area (Å²) in [6, 6.07) is 5.00. The van der Waals surface area contributed by atoms with Crippen molar-refractivity contribution in [3.05, 3.63) is 68.3 Å². The number of sulfonamides is 1. The Bertz CT molecular complexity index is 991. The number of hydrogen-bond donors (Lipinski definition) is 1. The zero-order valence-corrected chi connectivity index (χ0v) is 13.2. The molecule has 138 valence electrons. The second-order valence-corrected chi connectivity index (χ2v) is 6.50. The first-order chi connectivity index (χ1) is 11.9. The Hall–Kier alpha value is -3.22. The summed E-state index contributed by atoms with van der Waals surface area (Å²) in [7, 11) is -4.68. The van der Waals surface area contributed by atoms with E-state index in [1.54, 1.807) is 4.72 Å². The van der Waals surface area contributed by atoms with Crippen molar-refractivity contribution < 1.29 is 31.4 Å². The number of nitrogens with one attached hydrogen (secondary N) is 1. The van der Waals surface area contributed by atoms with E-state index in [1.165, 1.54) is 0 Å². The highest BCUT2D eigenvalue weighted by atomic mass is 32.2. The summed E-state index contributed by atoms with van der Waals surface area (Å²) in [6.45, 7) is 0. The highest BCUT2D eigenvalue weighted by molar-refractivity contribution is 7.92. The quantitative estimate of drug-likeness (QED) is 0.614. The van der Waals surface area contributed by atoms with Crippen molar-refractivity contribution in [1.82, 2.24) is 0 Å². The van der Waals surface area contributed by atoms with Gasteiger partial charge in [0.15, 0.2) is 4.90 Å². The molecule has 26 heavy (non-hydrogen) atoms. The maximum atomic E-state index is 12.7. The van der Waals surface area contributed by atoms with E-state index in [1.807, 2.05) is 0 Å². The molecule has 0 fully saturated rings. The van der Waals surface area contributed by atoms with Crippen LogP contribution in [0, 0.1) is 20.2 Å². The number of nitro benzene ring substituents is 2. The number of benzene rings is 2. The molecule has 0 aliphatic heterocycles. The molecule has 13 heteroatoms. The molecule has 0 aliphatic rings. The molecule has 0 amide bonds. The predicted octanol–water partition coefficient (Wildman–Crippen LogP) is 3.32. The van der Waals surface area contributed by atoms with E-state index in [0.29, 0.717) is 24.3 Å². The summed E-state index contributed by atoms with van der Waals surface area (Å²) in [5.74, 6) is 0. The van der Waals surface area contributed by atoms with Gasteiger partial charge in [-0.2, -0.15) is 13.2 Å². The van der Waals surface area contributed by atoms with E-state index < -0.39 is 53.6 Å². The minimum atomic E-state index is -4.72. The van der Waals surface area contributed by atoms with Crippen molar-refractivity contribution >= 4 is 27.1 Å². The molecule has 0 aromatic heterocycles. The molecule has 9 nitrogen and oxygen atoms in total. The van der Waals surface area contributed by atoms with Gasteiger partial charge in [-0.1, -0.05) is 6.07 Å². The average Bonchev–Trinajstić information content (AvgIpc) is 2.53. The molecule has 1 N–H and O–H groups in total. The Balaban J connectivity index is 2.49. The van der Waals surface area contributed by atoms with E-state index >= 15 is 0 Å². The molecule has 0 heterocycles. The van der Waals surface area contributed by atoms with E-state index in [4.69, 9.17) is 0 Å². The molecule has 0 saturated heterocycles. The summed E-state index contributed by atoms with van der Waals surface area (Å²) in [6.07, 6.45) is -4.72. The zero-order chi connectivity index (χ0) is 19.7. The van der Waals surface area contributed by atoms with Crippen LogP contribution in [-0.2, 0) is 16.2 Å². The molecule has 0 spiro atoms. The molecule has 0 bridgehead atoms. The summed E-state index contributed by atoms with van der Waals surface area (Å²) in [5.41, 5.74) is -3.41. The summed E-state index contributed by atoms with van der Waals surface area (Å²) in [4.78, 5) is 18.7.